The number of H-pyrrole nitrogens is 1. The van der Waals surface area contributed by atoms with Crippen LogP contribution in [-0.2, 0) is 0 Å². The Morgan fingerprint density at radius 1 is 1.67 bits per heavy atom. The van der Waals surface area contributed by atoms with Crippen molar-refractivity contribution in [2.45, 2.75) is 6.92 Å². The van der Waals surface area contributed by atoms with Crippen molar-refractivity contribution in [2.75, 3.05) is 0 Å². The quantitative estimate of drug-likeness (QED) is 0.498. The number of nitrogens with one attached hydrogen (secondary N) is 1. The van der Waals surface area contributed by atoms with Crippen LogP contribution in [0.1, 0.15) is 17.4 Å². The summed E-state index contributed by atoms with van der Waals surface area (Å²) < 4.78 is 4.91. The molecule has 0 fully saturated rings. The first-order chi connectivity index (χ1) is 8.60. The summed E-state index contributed by atoms with van der Waals surface area (Å²) in [7, 11) is 0. The number of nitro groups is 1. The molecule has 0 aliphatic carbocycles. The number of aromatic nitrogens is 3. The Morgan fingerprint density at radius 2 is 2.44 bits per heavy atom. The zero-order chi connectivity index (χ0) is 13.1. The molecule has 0 aliphatic rings. The van der Waals surface area contributed by atoms with E-state index in [-0.39, 0.29) is 23.0 Å². The second-order valence-electron chi connectivity index (χ2n) is 3.35. The third kappa shape index (κ3) is 2.25. The van der Waals surface area contributed by atoms with Gasteiger partial charge in [0.15, 0.2) is 5.82 Å². The van der Waals surface area contributed by atoms with Crippen molar-refractivity contribution in [3.8, 4) is 6.07 Å². The fraction of sp³-hybridized carbons (Fsp3) is 0.100. The Balaban J connectivity index is 2.35. The Morgan fingerprint density at radius 3 is 2.94 bits per heavy atom. The van der Waals surface area contributed by atoms with Crippen molar-refractivity contribution < 1.29 is 9.34 Å². The summed E-state index contributed by atoms with van der Waals surface area (Å²) in [5.74, 6) is 0.594. The van der Waals surface area contributed by atoms with E-state index < -0.39 is 4.92 Å². The molecule has 90 valence electrons. The molecule has 2 heterocycles. The minimum atomic E-state index is -0.652. The standard InChI is InChI=1S/C10H7N5O3/c1-6-12-10(14-13-6)7(5-11)4-8-2-3-9(18-8)15(16)17/h2-4H,1H3,(H,12,13,14)/b7-4+. The van der Waals surface area contributed by atoms with Gasteiger partial charge in [0.25, 0.3) is 0 Å². The number of hydrogen-bond acceptors (Lipinski definition) is 6. The average Bonchev–Trinajstić information content (AvgIpc) is 2.94. The molecule has 0 saturated heterocycles. The number of nitriles is 1. The highest BCUT2D eigenvalue weighted by Gasteiger charge is 2.13. The van der Waals surface area contributed by atoms with Gasteiger partial charge in [0.1, 0.15) is 28.2 Å². The van der Waals surface area contributed by atoms with Crippen LogP contribution in [0.15, 0.2) is 16.5 Å². The molecule has 2 rings (SSSR count). The molecular formula is C10H7N5O3. The molecule has 0 saturated carbocycles. The zero-order valence-electron chi connectivity index (χ0n) is 9.25. The van der Waals surface area contributed by atoms with E-state index in [1.807, 2.05) is 6.07 Å². The highest BCUT2D eigenvalue weighted by molar-refractivity contribution is 5.85. The summed E-state index contributed by atoms with van der Waals surface area (Å²) in [5.41, 5.74) is 0.156. The molecule has 8 nitrogen and oxygen atoms in total. The van der Waals surface area contributed by atoms with Crippen LogP contribution in [0, 0.1) is 28.4 Å². The minimum absolute atomic E-state index is 0.156. The first-order valence-electron chi connectivity index (χ1n) is 4.85. The number of aryl methyl sites for hydroxylation is 1. The maximum absolute atomic E-state index is 10.4. The lowest BCUT2D eigenvalue weighted by molar-refractivity contribution is -0.402. The van der Waals surface area contributed by atoms with Crippen LogP contribution in [-0.4, -0.2) is 20.1 Å². The van der Waals surface area contributed by atoms with Crippen molar-refractivity contribution in [2.24, 2.45) is 0 Å². The van der Waals surface area contributed by atoms with Gasteiger partial charge in [-0.3, -0.25) is 15.2 Å². The molecule has 1 N–H and O–H groups in total. The maximum atomic E-state index is 10.4. The van der Waals surface area contributed by atoms with Gasteiger partial charge in [0.2, 0.25) is 0 Å². The molecule has 0 unspecified atom stereocenters. The van der Waals surface area contributed by atoms with Crippen LogP contribution in [0.5, 0.6) is 0 Å². The highest BCUT2D eigenvalue weighted by Crippen LogP contribution is 2.20. The van der Waals surface area contributed by atoms with Crippen molar-refractivity contribution >= 4 is 17.5 Å². The van der Waals surface area contributed by atoms with Crippen LogP contribution < -0.4 is 0 Å². The summed E-state index contributed by atoms with van der Waals surface area (Å²) in [5, 5.41) is 25.8. The van der Waals surface area contributed by atoms with E-state index in [4.69, 9.17) is 9.68 Å². The minimum Gasteiger partial charge on any atom is -0.401 e. The van der Waals surface area contributed by atoms with E-state index in [9.17, 15) is 10.1 Å². The molecule has 18 heavy (non-hydrogen) atoms. The van der Waals surface area contributed by atoms with Gasteiger partial charge in [-0.05, 0) is 13.0 Å². The van der Waals surface area contributed by atoms with Crippen LogP contribution in [0.25, 0.3) is 11.6 Å². The van der Waals surface area contributed by atoms with Gasteiger partial charge in [-0.25, -0.2) is 4.98 Å². The van der Waals surface area contributed by atoms with Gasteiger partial charge in [0, 0.05) is 6.08 Å². The van der Waals surface area contributed by atoms with Gasteiger partial charge in [-0.1, -0.05) is 0 Å². The summed E-state index contributed by atoms with van der Waals surface area (Å²) >= 11 is 0. The van der Waals surface area contributed by atoms with Gasteiger partial charge in [0.05, 0.1) is 6.07 Å². The summed E-state index contributed by atoms with van der Waals surface area (Å²) in [6.45, 7) is 1.70. The van der Waals surface area contributed by atoms with Crippen LogP contribution in [0.3, 0.4) is 0 Å². The molecule has 2 aromatic heterocycles. The largest absolute Gasteiger partial charge is 0.433 e. The van der Waals surface area contributed by atoms with E-state index in [0.717, 1.165) is 0 Å². The van der Waals surface area contributed by atoms with E-state index >= 15 is 0 Å². The fourth-order valence-corrected chi connectivity index (χ4v) is 1.27. The van der Waals surface area contributed by atoms with Crippen molar-refractivity contribution in [1.29, 1.82) is 5.26 Å². The SMILES string of the molecule is Cc1nc(/C(C#N)=C/c2ccc([N+](=O)[O-])o2)n[nH]1. The molecule has 0 aromatic carbocycles. The highest BCUT2D eigenvalue weighted by atomic mass is 16.6. The van der Waals surface area contributed by atoms with Crippen LogP contribution in [0.2, 0.25) is 0 Å². The molecule has 0 amide bonds. The van der Waals surface area contributed by atoms with Gasteiger partial charge in [-0.15, -0.1) is 0 Å². The van der Waals surface area contributed by atoms with Crippen molar-refractivity contribution in [3.63, 3.8) is 0 Å². The smallest absolute Gasteiger partial charge is 0.401 e. The lowest BCUT2D eigenvalue weighted by Gasteiger charge is -1.89. The van der Waals surface area contributed by atoms with Gasteiger partial charge < -0.3 is 4.42 Å². The molecule has 0 bridgehead atoms. The Labute approximate surface area is 101 Å². The number of hydrogen-bond donors (Lipinski definition) is 1. The average molecular weight is 245 g/mol. The Hall–Kier alpha value is -2.95. The predicted molar refractivity (Wildman–Crippen MR) is 60.0 cm³/mol. The van der Waals surface area contributed by atoms with E-state index in [2.05, 4.69) is 15.2 Å². The molecular weight excluding hydrogens is 238 g/mol. The van der Waals surface area contributed by atoms with Crippen molar-refractivity contribution in [3.05, 3.63) is 39.7 Å². The second-order valence-corrected chi connectivity index (χ2v) is 3.35. The molecule has 2 aromatic rings. The molecule has 0 aliphatic heterocycles. The third-order valence-electron chi connectivity index (χ3n) is 2.04. The van der Waals surface area contributed by atoms with Crippen LogP contribution in [0.4, 0.5) is 5.88 Å². The molecule has 0 spiro atoms. The van der Waals surface area contributed by atoms with Crippen LogP contribution >= 0.6 is 0 Å². The van der Waals surface area contributed by atoms with E-state index in [1.165, 1.54) is 18.2 Å². The first kappa shape index (κ1) is 11.5. The summed E-state index contributed by atoms with van der Waals surface area (Å²) in [6.07, 6.45) is 1.34. The zero-order valence-corrected chi connectivity index (χ0v) is 9.25. The van der Waals surface area contributed by atoms with Crippen molar-refractivity contribution in [1.82, 2.24) is 15.2 Å². The fourth-order valence-electron chi connectivity index (χ4n) is 1.27. The molecule has 8 heteroatoms. The molecule has 0 radical (unpaired) electrons. The van der Waals surface area contributed by atoms with E-state index in [0.29, 0.717) is 5.82 Å². The number of rotatable bonds is 3. The monoisotopic (exact) mass is 245 g/mol. The molecule has 0 atom stereocenters. The summed E-state index contributed by atoms with van der Waals surface area (Å²) in [6, 6.07) is 4.52. The predicted octanol–water partition coefficient (Wildman–Crippen LogP) is 1.68. The van der Waals surface area contributed by atoms with Gasteiger partial charge in [-0.2, -0.15) is 10.4 Å². The Bertz CT molecular complexity index is 661. The van der Waals surface area contributed by atoms with Gasteiger partial charge >= 0.3 is 5.88 Å². The number of allylic oxidation sites excluding steroid dienone is 1. The number of nitrogens with zero attached hydrogens (tertiary/aromatic N) is 4. The number of furan rings is 1. The second kappa shape index (κ2) is 4.50. The lowest BCUT2D eigenvalue weighted by Crippen LogP contribution is -1.85. The maximum Gasteiger partial charge on any atom is 0.433 e. The Kier molecular flexibility index (Phi) is 2.89. The third-order valence-corrected chi connectivity index (χ3v) is 2.04. The lowest BCUT2D eigenvalue weighted by atomic mass is 10.2. The number of aromatic amines is 1. The van der Waals surface area contributed by atoms with E-state index in [1.54, 1.807) is 6.92 Å². The first-order valence-corrected chi connectivity index (χ1v) is 4.85. The topological polar surface area (TPSA) is 122 Å². The normalized spacial score (nSPS) is 11.2. The summed E-state index contributed by atoms with van der Waals surface area (Å²) in [4.78, 5) is 13.8.